The maximum atomic E-state index is 12.5. The van der Waals surface area contributed by atoms with E-state index in [4.69, 9.17) is 5.11 Å². The fourth-order valence-electron chi connectivity index (χ4n) is 4.18. The second-order valence-corrected chi connectivity index (χ2v) is 7.28. The van der Waals surface area contributed by atoms with E-state index in [1.807, 2.05) is 4.90 Å². The Bertz CT molecular complexity index is 441. The average Bonchev–Trinajstić information content (AvgIpc) is 2.86. The van der Waals surface area contributed by atoms with E-state index < -0.39 is 12.1 Å². The van der Waals surface area contributed by atoms with Crippen molar-refractivity contribution in [2.75, 3.05) is 13.6 Å². The van der Waals surface area contributed by atoms with Gasteiger partial charge in [0.25, 0.3) is 0 Å². The molecular weight excluding hydrogens is 294 g/mol. The number of rotatable bonds is 5. The number of hydrogen-bond acceptors (Lipinski definition) is 3. The molecule has 1 aliphatic carbocycles. The zero-order valence-corrected chi connectivity index (χ0v) is 14.8. The molecule has 0 unspecified atom stereocenters. The molecule has 0 aromatic heterocycles. The minimum atomic E-state index is -1.11. The van der Waals surface area contributed by atoms with Crippen molar-refractivity contribution in [2.24, 2.45) is 5.92 Å². The highest BCUT2D eigenvalue weighted by Gasteiger charge is 2.42. The second-order valence-electron chi connectivity index (χ2n) is 7.28. The quantitative estimate of drug-likeness (QED) is 0.812. The van der Waals surface area contributed by atoms with Crippen molar-refractivity contribution >= 4 is 12.0 Å². The molecule has 2 rings (SSSR count). The minimum Gasteiger partial charge on any atom is -0.465 e. The molecule has 2 fully saturated rings. The number of carboxylic acid groups (broad SMARTS) is 1. The molecule has 0 aromatic carbocycles. The highest BCUT2D eigenvalue weighted by atomic mass is 16.4. The van der Waals surface area contributed by atoms with Crippen LogP contribution in [0.25, 0.3) is 0 Å². The highest BCUT2D eigenvalue weighted by molar-refractivity contribution is 5.87. The molecule has 1 heterocycles. The third kappa shape index (κ3) is 3.97. The lowest BCUT2D eigenvalue weighted by molar-refractivity contribution is -0.133. The van der Waals surface area contributed by atoms with Crippen molar-refractivity contribution in [3.05, 3.63) is 0 Å². The maximum Gasteiger partial charge on any atom is 0.405 e. The summed E-state index contributed by atoms with van der Waals surface area (Å²) in [5, 5.41) is 11.2. The van der Waals surface area contributed by atoms with Crippen LogP contribution < -0.4 is 5.32 Å². The Morgan fingerprint density at radius 3 is 2.65 bits per heavy atom. The monoisotopic (exact) mass is 325 g/mol. The first kappa shape index (κ1) is 18.0. The van der Waals surface area contributed by atoms with Gasteiger partial charge in [0.1, 0.15) is 6.04 Å². The molecule has 6 heteroatoms. The van der Waals surface area contributed by atoms with Gasteiger partial charge in [0, 0.05) is 24.7 Å². The summed E-state index contributed by atoms with van der Waals surface area (Å²) >= 11 is 0. The first-order valence-corrected chi connectivity index (χ1v) is 8.87. The summed E-state index contributed by atoms with van der Waals surface area (Å²) in [7, 11) is 2.19. The van der Waals surface area contributed by atoms with Gasteiger partial charge in [-0.05, 0) is 52.5 Å². The lowest BCUT2D eigenvalue weighted by Gasteiger charge is -2.44. The third-order valence-corrected chi connectivity index (χ3v) is 5.77. The van der Waals surface area contributed by atoms with Gasteiger partial charge >= 0.3 is 6.09 Å². The van der Waals surface area contributed by atoms with Crippen LogP contribution in [0, 0.1) is 5.92 Å². The van der Waals surface area contributed by atoms with E-state index >= 15 is 0 Å². The molecule has 6 nitrogen and oxygen atoms in total. The lowest BCUT2D eigenvalue weighted by atomic mass is 9.78. The molecule has 1 saturated carbocycles. The van der Waals surface area contributed by atoms with Gasteiger partial charge in [-0.25, -0.2) is 4.79 Å². The molecule has 2 aliphatic rings. The Morgan fingerprint density at radius 1 is 1.39 bits per heavy atom. The zero-order chi connectivity index (χ0) is 17.1. The van der Waals surface area contributed by atoms with Crippen LogP contribution in [0.3, 0.4) is 0 Å². The maximum absolute atomic E-state index is 12.5. The van der Waals surface area contributed by atoms with Crippen LogP contribution in [0.5, 0.6) is 0 Å². The molecule has 23 heavy (non-hydrogen) atoms. The number of likely N-dealkylation sites (tertiary alicyclic amines) is 1. The largest absolute Gasteiger partial charge is 0.465 e. The standard InChI is InChI=1S/C17H31N3O3/c1-5-12-10-13(19(4)11(2)3)6-7-15(12)20-9-8-14(16(20)21)18-17(22)23/h11-15,18H,5-10H2,1-4H3,(H,22,23)/t12-,13-,14+,15+/m1/s1. The molecule has 132 valence electrons. The Hall–Kier alpha value is -1.30. The topological polar surface area (TPSA) is 72.9 Å². The average molecular weight is 325 g/mol. The van der Waals surface area contributed by atoms with Gasteiger partial charge in [-0.15, -0.1) is 0 Å². The van der Waals surface area contributed by atoms with Crippen LogP contribution in [0.2, 0.25) is 0 Å². The van der Waals surface area contributed by atoms with Crippen LogP contribution in [-0.2, 0) is 4.79 Å². The number of carbonyl (C=O) groups excluding carboxylic acids is 1. The summed E-state index contributed by atoms with van der Waals surface area (Å²) in [5.74, 6) is 0.467. The molecule has 2 N–H and O–H groups in total. The molecule has 1 aliphatic heterocycles. The summed E-state index contributed by atoms with van der Waals surface area (Å²) in [6.45, 7) is 7.32. The molecular formula is C17H31N3O3. The molecule has 0 aromatic rings. The first-order valence-electron chi connectivity index (χ1n) is 8.87. The smallest absolute Gasteiger partial charge is 0.405 e. The summed E-state index contributed by atoms with van der Waals surface area (Å²) in [6.07, 6.45) is 3.79. The molecule has 1 saturated heterocycles. The summed E-state index contributed by atoms with van der Waals surface area (Å²) in [4.78, 5) is 27.7. The van der Waals surface area contributed by atoms with E-state index in [0.717, 1.165) is 25.7 Å². The van der Waals surface area contributed by atoms with Crippen LogP contribution in [0.15, 0.2) is 0 Å². The van der Waals surface area contributed by atoms with Gasteiger partial charge in [-0.3, -0.25) is 4.79 Å². The fraction of sp³-hybridized carbons (Fsp3) is 0.882. The molecule has 2 amide bonds. The highest BCUT2D eigenvalue weighted by Crippen LogP contribution is 2.35. The molecule has 0 bridgehead atoms. The predicted molar refractivity (Wildman–Crippen MR) is 89.4 cm³/mol. The third-order valence-electron chi connectivity index (χ3n) is 5.77. The van der Waals surface area contributed by atoms with Crippen LogP contribution in [-0.4, -0.2) is 64.7 Å². The van der Waals surface area contributed by atoms with E-state index in [2.05, 4.69) is 38.0 Å². The minimum absolute atomic E-state index is 0.0356. The SMILES string of the molecule is CC[C@@H]1C[C@H](N(C)C(C)C)CC[C@@H]1N1CC[C@H](NC(=O)O)C1=O. The van der Waals surface area contributed by atoms with Crippen molar-refractivity contribution in [1.29, 1.82) is 0 Å². The predicted octanol–water partition coefficient (Wildman–Crippen LogP) is 2.14. The van der Waals surface area contributed by atoms with Gasteiger partial charge in [0.2, 0.25) is 5.91 Å². The van der Waals surface area contributed by atoms with Gasteiger partial charge in [-0.2, -0.15) is 0 Å². The Morgan fingerprint density at radius 2 is 2.09 bits per heavy atom. The molecule has 0 spiro atoms. The van der Waals surface area contributed by atoms with Crippen LogP contribution >= 0.6 is 0 Å². The van der Waals surface area contributed by atoms with Gasteiger partial charge < -0.3 is 20.2 Å². The Balaban J connectivity index is 2.01. The van der Waals surface area contributed by atoms with Crippen molar-refractivity contribution in [3.63, 3.8) is 0 Å². The van der Waals surface area contributed by atoms with Crippen molar-refractivity contribution in [2.45, 2.75) is 77.0 Å². The van der Waals surface area contributed by atoms with Crippen LogP contribution in [0.1, 0.15) is 52.9 Å². The molecule has 4 atom stereocenters. The van der Waals surface area contributed by atoms with E-state index in [1.165, 1.54) is 0 Å². The normalized spacial score (nSPS) is 31.9. The number of amides is 2. The first-order chi connectivity index (χ1) is 10.8. The van der Waals surface area contributed by atoms with Gasteiger partial charge in [0.15, 0.2) is 0 Å². The summed E-state index contributed by atoms with van der Waals surface area (Å²) < 4.78 is 0. The summed E-state index contributed by atoms with van der Waals surface area (Å²) in [5.41, 5.74) is 0. The Labute approximate surface area is 139 Å². The Kier molecular flexibility index (Phi) is 5.89. The van der Waals surface area contributed by atoms with Gasteiger partial charge in [0.05, 0.1) is 0 Å². The summed E-state index contributed by atoms with van der Waals surface area (Å²) in [6, 6.07) is 0.833. The van der Waals surface area contributed by atoms with E-state index in [0.29, 0.717) is 31.0 Å². The number of nitrogens with zero attached hydrogens (tertiary/aromatic N) is 2. The van der Waals surface area contributed by atoms with E-state index in [-0.39, 0.29) is 11.9 Å². The number of hydrogen-bond donors (Lipinski definition) is 2. The van der Waals surface area contributed by atoms with Crippen molar-refractivity contribution in [3.8, 4) is 0 Å². The van der Waals surface area contributed by atoms with E-state index in [9.17, 15) is 9.59 Å². The van der Waals surface area contributed by atoms with Crippen LogP contribution in [0.4, 0.5) is 4.79 Å². The van der Waals surface area contributed by atoms with E-state index in [1.54, 1.807) is 0 Å². The van der Waals surface area contributed by atoms with Crippen molar-refractivity contribution in [1.82, 2.24) is 15.1 Å². The number of carbonyl (C=O) groups is 2. The van der Waals surface area contributed by atoms with Crippen molar-refractivity contribution < 1.29 is 14.7 Å². The molecule has 0 radical (unpaired) electrons. The zero-order valence-electron chi connectivity index (χ0n) is 14.8. The second kappa shape index (κ2) is 7.51. The lowest BCUT2D eigenvalue weighted by Crippen LogP contribution is -2.51. The van der Waals surface area contributed by atoms with Gasteiger partial charge in [-0.1, -0.05) is 13.3 Å². The number of nitrogens with one attached hydrogen (secondary N) is 1. The fourth-order valence-corrected chi connectivity index (χ4v) is 4.18.